The van der Waals surface area contributed by atoms with E-state index >= 15 is 0 Å². The van der Waals surface area contributed by atoms with Gasteiger partial charge in [-0.25, -0.2) is 9.37 Å². The molecule has 2 aromatic rings. The number of piperazine rings is 1. The van der Waals surface area contributed by atoms with Crippen molar-refractivity contribution in [3.05, 3.63) is 53.1 Å². The predicted molar refractivity (Wildman–Crippen MR) is 112 cm³/mol. The molecule has 29 heavy (non-hydrogen) atoms. The lowest BCUT2D eigenvalue weighted by molar-refractivity contribution is 0.0951. The second-order valence-corrected chi connectivity index (χ2v) is 7.18. The van der Waals surface area contributed by atoms with Crippen LogP contribution in [0.2, 0.25) is 5.15 Å². The molecule has 2 heterocycles. The maximum Gasteiger partial charge on any atom is 0.254 e. The Hall–Kier alpha value is -2.38. The van der Waals surface area contributed by atoms with Gasteiger partial charge in [0.15, 0.2) is 0 Å². The molecule has 6 nitrogen and oxygen atoms in total. The van der Waals surface area contributed by atoms with E-state index < -0.39 is 0 Å². The summed E-state index contributed by atoms with van der Waals surface area (Å²) >= 11 is 5.94. The second-order valence-electron chi connectivity index (χ2n) is 6.82. The minimum absolute atomic E-state index is 0.201. The minimum atomic E-state index is -0.287. The van der Waals surface area contributed by atoms with Crippen LogP contribution in [-0.4, -0.2) is 61.7 Å². The van der Waals surface area contributed by atoms with Crippen molar-refractivity contribution in [3.63, 3.8) is 0 Å². The van der Waals surface area contributed by atoms with Crippen LogP contribution in [0.1, 0.15) is 23.7 Å². The highest BCUT2D eigenvalue weighted by Crippen LogP contribution is 2.30. The molecule has 0 saturated carbocycles. The molecule has 1 aromatic carbocycles. The monoisotopic (exact) mass is 420 g/mol. The number of hydrogen-bond donors (Lipinski definition) is 1. The Bertz CT molecular complexity index is 828. The van der Waals surface area contributed by atoms with E-state index in [9.17, 15) is 9.18 Å². The van der Waals surface area contributed by atoms with Crippen LogP contribution in [0.25, 0.3) is 0 Å². The largest absolute Gasteiger partial charge is 0.492 e. The zero-order valence-corrected chi connectivity index (χ0v) is 17.3. The molecule has 1 N–H and O–H groups in total. The predicted octanol–water partition coefficient (Wildman–Crippen LogP) is 3.21. The molecule has 1 aromatic heterocycles. The molecule has 1 fully saturated rings. The van der Waals surface area contributed by atoms with E-state index in [1.807, 2.05) is 6.92 Å². The van der Waals surface area contributed by atoms with Crippen molar-refractivity contribution in [1.29, 1.82) is 0 Å². The van der Waals surface area contributed by atoms with E-state index in [1.54, 1.807) is 24.4 Å². The summed E-state index contributed by atoms with van der Waals surface area (Å²) in [7, 11) is 0. The number of carbonyl (C=O) groups is 1. The van der Waals surface area contributed by atoms with Gasteiger partial charge in [0.2, 0.25) is 0 Å². The Kier molecular flexibility index (Phi) is 7.66. The third kappa shape index (κ3) is 5.81. The van der Waals surface area contributed by atoms with Gasteiger partial charge in [-0.2, -0.15) is 0 Å². The van der Waals surface area contributed by atoms with Crippen molar-refractivity contribution in [1.82, 2.24) is 15.2 Å². The highest BCUT2D eigenvalue weighted by Gasteiger charge is 2.20. The molecular weight excluding hydrogens is 395 g/mol. The molecule has 0 aliphatic carbocycles. The van der Waals surface area contributed by atoms with Crippen LogP contribution in [0.15, 0.2) is 36.5 Å². The van der Waals surface area contributed by atoms with Gasteiger partial charge in [-0.1, -0.05) is 11.6 Å². The van der Waals surface area contributed by atoms with Gasteiger partial charge in [-0.05, 0) is 44.2 Å². The van der Waals surface area contributed by atoms with Gasteiger partial charge in [0.1, 0.15) is 16.7 Å². The number of halogens is 2. The molecule has 0 bridgehead atoms. The van der Waals surface area contributed by atoms with Crippen LogP contribution >= 0.6 is 11.6 Å². The van der Waals surface area contributed by atoms with Crippen LogP contribution < -0.4 is 15.0 Å². The smallest absolute Gasteiger partial charge is 0.254 e. The highest BCUT2D eigenvalue weighted by molar-refractivity contribution is 6.32. The standard InChI is InChI=1S/C21H26ClFN4O2/c1-2-29-19-15-16(23)6-7-18(19)27-13-11-26(12-14-27)10-4-9-25-21(28)17-5-3-8-24-20(17)22/h3,5-8,15H,2,4,9-14H2,1H3,(H,25,28). The summed E-state index contributed by atoms with van der Waals surface area (Å²) in [5, 5.41) is 3.10. The Morgan fingerprint density at radius 2 is 2.07 bits per heavy atom. The van der Waals surface area contributed by atoms with Gasteiger partial charge in [0.25, 0.3) is 5.91 Å². The molecule has 1 saturated heterocycles. The van der Waals surface area contributed by atoms with E-state index in [2.05, 4.69) is 20.1 Å². The molecule has 1 aliphatic heterocycles. The SMILES string of the molecule is CCOc1cc(F)ccc1N1CCN(CCCNC(=O)c2cccnc2Cl)CC1. The zero-order chi connectivity index (χ0) is 20.6. The quantitative estimate of drug-likeness (QED) is 0.525. The van der Waals surface area contributed by atoms with Crippen LogP contribution in [0.4, 0.5) is 10.1 Å². The van der Waals surface area contributed by atoms with Crippen LogP contribution in [-0.2, 0) is 0 Å². The average Bonchev–Trinajstić information content (AvgIpc) is 2.72. The number of hydrogen-bond acceptors (Lipinski definition) is 5. The number of benzene rings is 1. The molecule has 0 atom stereocenters. The number of nitrogens with one attached hydrogen (secondary N) is 1. The van der Waals surface area contributed by atoms with Crippen LogP contribution in [0, 0.1) is 5.82 Å². The van der Waals surface area contributed by atoms with E-state index in [4.69, 9.17) is 16.3 Å². The third-order valence-corrected chi connectivity index (χ3v) is 5.18. The number of anilines is 1. The molecule has 0 unspecified atom stereocenters. The molecule has 1 amide bonds. The van der Waals surface area contributed by atoms with Crippen molar-refractivity contribution in [2.45, 2.75) is 13.3 Å². The van der Waals surface area contributed by atoms with Crippen molar-refractivity contribution >= 4 is 23.2 Å². The zero-order valence-electron chi connectivity index (χ0n) is 16.5. The van der Waals surface area contributed by atoms with Crippen molar-refractivity contribution in [2.24, 2.45) is 0 Å². The fourth-order valence-electron chi connectivity index (χ4n) is 3.39. The Labute approximate surface area is 175 Å². The molecular formula is C21H26ClFN4O2. The molecule has 0 radical (unpaired) electrons. The van der Waals surface area contributed by atoms with Gasteiger partial charge < -0.3 is 15.0 Å². The molecule has 3 rings (SSSR count). The van der Waals surface area contributed by atoms with E-state index in [1.165, 1.54) is 12.1 Å². The number of rotatable bonds is 8. The van der Waals surface area contributed by atoms with Crippen LogP contribution in [0.5, 0.6) is 5.75 Å². The first kappa shape index (κ1) is 21.3. The lowest BCUT2D eigenvalue weighted by Gasteiger charge is -2.36. The minimum Gasteiger partial charge on any atom is -0.492 e. The van der Waals surface area contributed by atoms with Gasteiger partial charge in [-0.15, -0.1) is 0 Å². The number of aromatic nitrogens is 1. The second kappa shape index (κ2) is 10.4. The summed E-state index contributed by atoms with van der Waals surface area (Å²) in [5.41, 5.74) is 1.33. The Morgan fingerprint density at radius 3 is 2.79 bits per heavy atom. The average molecular weight is 421 g/mol. The summed E-state index contributed by atoms with van der Waals surface area (Å²) in [6, 6.07) is 8.06. The summed E-state index contributed by atoms with van der Waals surface area (Å²) in [4.78, 5) is 20.6. The van der Waals surface area contributed by atoms with Gasteiger partial charge >= 0.3 is 0 Å². The summed E-state index contributed by atoms with van der Waals surface area (Å²) < 4.78 is 19.1. The molecule has 0 spiro atoms. The highest BCUT2D eigenvalue weighted by atomic mass is 35.5. The van der Waals surface area contributed by atoms with E-state index in [0.717, 1.165) is 44.8 Å². The first-order valence-electron chi connectivity index (χ1n) is 9.87. The lowest BCUT2D eigenvalue weighted by atomic mass is 10.2. The number of pyridine rings is 1. The molecule has 8 heteroatoms. The number of carbonyl (C=O) groups excluding carboxylic acids is 1. The van der Waals surface area contributed by atoms with Crippen molar-refractivity contribution in [2.75, 3.05) is 50.8 Å². The summed E-state index contributed by atoms with van der Waals surface area (Å²) in [6.45, 7) is 7.40. The lowest BCUT2D eigenvalue weighted by Crippen LogP contribution is -2.47. The summed E-state index contributed by atoms with van der Waals surface area (Å²) in [6.07, 6.45) is 2.41. The van der Waals surface area contributed by atoms with Crippen molar-refractivity contribution < 1.29 is 13.9 Å². The topological polar surface area (TPSA) is 57.7 Å². The van der Waals surface area contributed by atoms with Gasteiger partial charge in [0.05, 0.1) is 17.9 Å². The third-order valence-electron chi connectivity index (χ3n) is 4.88. The first-order valence-corrected chi connectivity index (χ1v) is 10.2. The normalized spacial score (nSPS) is 14.7. The van der Waals surface area contributed by atoms with Gasteiger partial charge in [0, 0.05) is 45.0 Å². The van der Waals surface area contributed by atoms with Crippen LogP contribution in [0.3, 0.4) is 0 Å². The fourth-order valence-corrected chi connectivity index (χ4v) is 3.59. The molecule has 1 aliphatic rings. The summed E-state index contributed by atoms with van der Waals surface area (Å²) in [5.74, 6) is 0.107. The van der Waals surface area contributed by atoms with E-state index in [0.29, 0.717) is 24.5 Å². The maximum atomic E-state index is 13.5. The Balaban J connectivity index is 1.41. The molecule has 156 valence electrons. The number of ether oxygens (including phenoxy) is 1. The number of amides is 1. The van der Waals surface area contributed by atoms with E-state index in [-0.39, 0.29) is 16.9 Å². The van der Waals surface area contributed by atoms with Crippen molar-refractivity contribution in [3.8, 4) is 5.75 Å². The first-order chi connectivity index (χ1) is 14.1. The number of nitrogens with zero attached hydrogens (tertiary/aromatic N) is 3. The van der Waals surface area contributed by atoms with Gasteiger partial charge in [-0.3, -0.25) is 9.69 Å². The Morgan fingerprint density at radius 1 is 1.28 bits per heavy atom. The maximum absolute atomic E-state index is 13.5. The fraction of sp³-hybridized carbons (Fsp3) is 0.429.